The summed E-state index contributed by atoms with van der Waals surface area (Å²) >= 11 is 0. The van der Waals surface area contributed by atoms with Gasteiger partial charge in [0.15, 0.2) is 5.69 Å². The Morgan fingerprint density at radius 1 is 0.385 bits per heavy atom. The van der Waals surface area contributed by atoms with Gasteiger partial charge >= 0.3 is 0 Å². The molecule has 0 saturated carbocycles. The predicted molar refractivity (Wildman–Crippen MR) is 371 cm³/mol. The number of methoxy groups -OCH3 is 3. The van der Waals surface area contributed by atoms with Crippen molar-refractivity contribution in [2.45, 2.75) is 79.7 Å². The molecule has 0 radical (unpaired) electrons. The maximum Gasteiger partial charge on any atom is 0.284 e. The Morgan fingerprint density at radius 2 is 0.802 bits per heavy atom. The molecule has 0 aliphatic rings. The number of benzene rings is 8. The maximum absolute atomic E-state index is 12.7. The molecular weight excluding hydrogens is 1230 g/mol. The van der Waals surface area contributed by atoms with E-state index < -0.39 is 10.0 Å². The van der Waals surface area contributed by atoms with E-state index in [0.29, 0.717) is 22.9 Å². The Kier molecular flexibility index (Phi) is 22.6. The molecule has 0 saturated heterocycles. The van der Waals surface area contributed by atoms with Crippen LogP contribution in [-0.2, 0) is 15.6 Å². The van der Waals surface area contributed by atoms with Gasteiger partial charge in [-0.3, -0.25) is 0 Å². The van der Waals surface area contributed by atoms with Gasteiger partial charge < -0.3 is 14.2 Å². The van der Waals surface area contributed by atoms with Crippen LogP contribution in [0.2, 0.25) is 0 Å². The van der Waals surface area contributed by atoms with E-state index >= 15 is 0 Å². The molecule has 6 heterocycles. The molecule has 24 heteroatoms. The van der Waals surface area contributed by atoms with Gasteiger partial charge in [-0.1, -0.05) is 182 Å². The summed E-state index contributed by atoms with van der Waals surface area (Å²) in [4.78, 5) is 0.200. The maximum atomic E-state index is 12.7. The van der Waals surface area contributed by atoms with Gasteiger partial charge in [-0.15, -0.1) is 34.7 Å². The van der Waals surface area contributed by atoms with Crippen molar-refractivity contribution in [2.75, 3.05) is 21.3 Å². The van der Waals surface area contributed by atoms with Crippen LogP contribution in [0.25, 0.3) is 56.0 Å². The van der Waals surface area contributed by atoms with Gasteiger partial charge in [0.1, 0.15) is 34.3 Å². The van der Waals surface area contributed by atoms with E-state index in [9.17, 15) is 8.42 Å². The molecule has 0 spiro atoms. The number of fused-ring (bicyclic) bond motifs is 1. The fraction of sp³-hybridized carbons (Fsp3) is 0.194. The van der Waals surface area contributed by atoms with Gasteiger partial charge in [0.25, 0.3) is 10.0 Å². The van der Waals surface area contributed by atoms with Crippen molar-refractivity contribution < 1.29 is 22.6 Å². The Morgan fingerprint density at radius 3 is 1.31 bits per heavy atom. The highest BCUT2D eigenvalue weighted by atomic mass is 32.2. The van der Waals surface area contributed by atoms with Crippen molar-refractivity contribution in [1.82, 2.24) is 89.4 Å². The largest absolute Gasteiger partial charge is 0.494 e. The number of para-hydroxylation sites is 4. The van der Waals surface area contributed by atoms with Crippen molar-refractivity contribution in [1.29, 1.82) is 0 Å². The molecular formula is C72H76N18O5S. The highest BCUT2D eigenvalue weighted by Crippen LogP contribution is 2.33. The van der Waals surface area contributed by atoms with Crippen LogP contribution in [0.4, 0.5) is 0 Å². The smallest absolute Gasteiger partial charge is 0.284 e. The van der Waals surface area contributed by atoms with Gasteiger partial charge in [-0.05, 0) is 129 Å². The van der Waals surface area contributed by atoms with Gasteiger partial charge in [0.2, 0.25) is 0 Å². The predicted octanol–water partition coefficient (Wildman–Crippen LogP) is 13.3. The molecule has 0 amide bonds. The van der Waals surface area contributed by atoms with Crippen LogP contribution in [0.5, 0.6) is 17.2 Å². The molecule has 0 aliphatic carbocycles. The summed E-state index contributed by atoms with van der Waals surface area (Å²) in [7, 11) is 1.14. The number of ether oxygens (including phenoxy) is 3. The van der Waals surface area contributed by atoms with E-state index in [-0.39, 0.29) is 10.4 Å². The number of nitrogens with zero attached hydrogens (tertiary/aromatic N) is 18. The Labute approximate surface area is 558 Å². The van der Waals surface area contributed by atoms with E-state index in [1.54, 1.807) is 91.4 Å². The van der Waals surface area contributed by atoms with E-state index in [1.165, 1.54) is 10.8 Å². The summed E-state index contributed by atoms with van der Waals surface area (Å²) in [5.74, 6) is 2.20. The van der Waals surface area contributed by atoms with Crippen molar-refractivity contribution in [2.24, 2.45) is 0 Å². The zero-order valence-electron chi connectivity index (χ0n) is 55.9. The normalized spacial score (nSPS) is 10.8. The van der Waals surface area contributed by atoms with Crippen molar-refractivity contribution in [3.63, 3.8) is 0 Å². The quantitative estimate of drug-likeness (QED) is 0.117. The SMILES string of the molecule is COc1cccc(OC)c1-n1nncc1C.COc1ccccc1-n1nncc1C.Cc1c(-c2ccccc2)nnn1C(C)(C)C.Cc1ccc(S(=O)(=O)n2nnc(-c3ccccc3)c2C)cc1.Cc1cnnn1-c1cccc2ccccc12.Cc1cnnn1-c1ccccc1. The van der Waals surface area contributed by atoms with Crippen LogP contribution < -0.4 is 14.2 Å². The molecule has 0 fully saturated rings. The molecule has 0 atom stereocenters. The first-order valence-corrected chi connectivity index (χ1v) is 31.9. The molecule has 96 heavy (non-hydrogen) atoms. The molecule has 6 aromatic heterocycles. The highest BCUT2D eigenvalue weighted by molar-refractivity contribution is 7.89. The molecule has 23 nitrogen and oxygen atoms in total. The first-order valence-electron chi connectivity index (χ1n) is 30.5. The molecule has 0 aliphatic heterocycles. The van der Waals surface area contributed by atoms with E-state index in [0.717, 1.165) is 83.4 Å². The number of rotatable bonds is 11. The summed E-state index contributed by atoms with van der Waals surface area (Å²) in [6.45, 7) is 19.9. The number of hydrogen-bond acceptors (Lipinski definition) is 17. The van der Waals surface area contributed by atoms with Crippen LogP contribution in [0, 0.1) is 48.5 Å². The molecule has 0 N–H and O–H groups in total. The molecule has 14 aromatic rings. The van der Waals surface area contributed by atoms with Crippen molar-refractivity contribution in [3.8, 4) is 62.5 Å². The van der Waals surface area contributed by atoms with Crippen LogP contribution in [0.1, 0.15) is 60.5 Å². The average Bonchev–Trinajstić information content (AvgIpc) is 1.57. The van der Waals surface area contributed by atoms with Crippen LogP contribution in [0.3, 0.4) is 0 Å². The Hall–Kier alpha value is -11.8. The minimum Gasteiger partial charge on any atom is -0.494 e. The van der Waals surface area contributed by atoms with Crippen molar-refractivity contribution in [3.05, 3.63) is 265 Å². The summed E-state index contributed by atoms with van der Waals surface area (Å²) in [5.41, 5.74) is 13.9. The lowest BCUT2D eigenvalue weighted by Gasteiger charge is -2.20. The summed E-state index contributed by atoms with van der Waals surface area (Å²) in [6, 6.07) is 64.0. The van der Waals surface area contributed by atoms with Gasteiger partial charge in [-0.25, -0.2) is 23.4 Å². The van der Waals surface area contributed by atoms with E-state index in [4.69, 9.17) is 14.2 Å². The first kappa shape index (κ1) is 68.6. The third kappa shape index (κ3) is 16.3. The fourth-order valence-electron chi connectivity index (χ4n) is 9.95. The zero-order chi connectivity index (χ0) is 68.4. The second kappa shape index (κ2) is 31.7. The minimum atomic E-state index is -3.73. The van der Waals surface area contributed by atoms with Gasteiger partial charge in [-0.2, -0.15) is 8.42 Å². The molecule has 0 unspecified atom stereocenters. The lowest BCUT2D eigenvalue weighted by Crippen LogP contribution is -2.24. The second-order valence-corrected chi connectivity index (χ2v) is 24.5. The molecule has 0 bridgehead atoms. The summed E-state index contributed by atoms with van der Waals surface area (Å²) < 4.78 is 51.2. The highest BCUT2D eigenvalue weighted by Gasteiger charge is 2.24. The first-order chi connectivity index (χ1) is 46.3. The summed E-state index contributed by atoms with van der Waals surface area (Å²) in [6.07, 6.45) is 6.91. The number of aryl methyl sites for hydroxylation is 5. The molecule has 490 valence electrons. The van der Waals surface area contributed by atoms with Gasteiger partial charge in [0.05, 0.1) is 102 Å². The lowest BCUT2D eigenvalue weighted by atomic mass is 10.1. The van der Waals surface area contributed by atoms with Crippen LogP contribution in [0.15, 0.2) is 230 Å². The van der Waals surface area contributed by atoms with E-state index in [1.807, 2.05) is 184 Å². The third-order valence-electron chi connectivity index (χ3n) is 14.8. The van der Waals surface area contributed by atoms with Crippen LogP contribution in [-0.4, -0.2) is 119 Å². The topological polar surface area (TPSA) is 246 Å². The molecule has 14 rings (SSSR count). The second-order valence-electron chi connectivity index (χ2n) is 22.7. The van der Waals surface area contributed by atoms with Crippen molar-refractivity contribution >= 4 is 20.8 Å². The van der Waals surface area contributed by atoms with E-state index in [2.05, 4.69) is 126 Å². The number of hydrogen-bond donors (Lipinski definition) is 0. The Balaban J connectivity index is 0.000000136. The monoisotopic (exact) mass is 1300 g/mol. The number of aromatic nitrogens is 18. The summed E-state index contributed by atoms with van der Waals surface area (Å²) in [5, 5.41) is 50.2. The minimum absolute atomic E-state index is 0.0237. The zero-order valence-corrected chi connectivity index (χ0v) is 56.7. The standard InChI is InChI=1S/C16H15N3O2S.C13H11N3.C13H17N3.C11H13N3O2.C10H11N3O.C9H9N3/c1-12-8-10-15(11-9-12)22(20,21)19-13(2)16(17-18-19)14-6-4-3-5-7-14;1-10-9-14-15-16(10)13-8-4-6-11-5-2-3-7-12(11)13;1-10-12(11-8-6-5-7-9-11)14-15-16(10)13(2,3)4;1-8-7-12-13-14(8)11-9(15-2)5-4-6-10(11)16-3;1-8-7-11-12-13(8)9-5-3-4-6-10(9)14-2;1-8-7-10-11-12(8)9-5-3-2-4-6-9/h3-11H,1-2H3;2-9H,1H3;5-9H,1-4H3;4-7H,1-3H3;3-7H,1-2H3;2-7H,1H3. The third-order valence-corrected chi connectivity index (χ3v) is 16.5. The average molecular weight is 1310 g/mol. The van der Waals surface area contributed by atoms with Crippen LogP contribution >= 0.6 is 0 Å². The van der Waals surface area contributed by atoms with Gasteiger partial charge in [0, 0.05) is 16.5 Å². The Bertz CT molecular complexity index is 4850. The molecule has 8 aromatic carbocycles. The fourth-order valence-corrected chi connectivity index (χ4v) is 11.2. The lowest BCUT2D eigenvalue weighted by molar-refractivity contribution is 0.340.